The molecule has 0 aliphatic carbocycles. The highest BCUT2D eigenvalue weighted by Crippen LogP contribution is 2.33. The van der Waals surface area contributed by atoms with Crippen LogP contribution in [0.3, 0.4) is 0 Å². The average Bonchev–Trinajstić information content (AvgIpc) is 3.41. The first kappa shape index (κ1) is 22.4. The first-order chi connectivity index (χ1) is 16.1. The van der Waals surface area contributed by atoms with Gasteiger partial charge in [-0.1, -0.05) is 35.6 Å². The normalized spacial score (nSPS) is 19.2. The number of aryl methyl sites for hydroxylation is 1. The predicted octanol–water partition coefficient (Wildman–Crippen LogP) is 5.96. The molecule has 1 fully saturated rings. The van der Waals surface area contributed by atoms with Gasteiger partial charge < -0.3 is 10.1 Å². The van der Waals surface area contributed by atoms with Crippen LogP contribution in [0.1, 0.15) is 23.5 Å². The molecule has 0 radical (unpaired) electrons. The van der Waals surface area contributed by atoms with E-state index in [2.05, 4.69) is 16.3 Å². The number of hydrogen-bond donors (Lipinski definition) is 1. The molecule has 2 atom stereocenters. The van der Waals surface area contributed by atoms with Gasteiger partial charge in [0.1, 0.15) is 5.82 Å². The number of aromatic nitrogens is 2. The minimum absolute atomic E-state index is 0.148. The SMILES string of the molecule is CO[C@@H]1CCCN(Cc2nc(C)sc2-c2ccc(F)cc2)[C@@H]1CNc1nc2ccccc2s1. The third-order valence-electron chi connectivity index (χ3n) is 6.15. The van der Waals surface area contributed by atoms with Gasteiger partial charge in [-0.3, -0.25) is 4.90 Å². The molecule has 0 unspecified atom stereocenters. The van der Waals surface area contributed by atoms with Gasteiger partial charge in [-0.15, -0.1) is 11.3 Å². The molecule has 5 nitrogen and oxygen atoms in total. The molecule has 3 heterocycles. The van der Waals surface area contributed by atoms with E-state index in [1.165, 1.54) is 16.8 Å². The smallest absolute Gasteiger partial charge is 0.183 e. The molecule has 0 spiro atoms. The van der Waals surface area contributed by atoms with Gasteiger partial charge in [0.25, 0.3) is 0 Å². The zero-order valence-electron chi connectivity index (χ0n) is 18.8. The summed E-state index contributed by atoms with van der Waals surface area (Å²) in [5.74, 6) is -0.221. The van der Waals surface area contributed by atoms with E-state index in [-0.39, 0.29) is 18.0 Å². The van der Waals surface area contributed by atoms with E-state index in [9.17, 15) is 4.39 Å². The van der Waals surface area contributed by atoms with Crippen molar-refractivity contribution >= 4 is 38.0 Å². The molecule has 172 valence electrons. The third-order valence-corrected chi connectivity index (χ3v) is 8.21. The highest BCUT2D eigenvalue weighted by molar-refractivity contribution is 7.22. The van der Waals surface area contributed by atoms with Crippen LogP contribution in [0.5, 0.6) is 0 Å². The van der Waals surface area contributed by atoms with Crippen molar-refractivity contribution < 1.29 is 9.13 Å². The second kappa shape index (κ2) is 9.85. The number of ether oxygens (including phenoxy) is 1. The van der Waals surface area contributed by atoms with Crippen LogP contribution < -0.4 is 5.32 Å². The van der Waals surface area contributed by atoms with Gasteiger partial charge in [-0.05, 0) is 56.1 Å². The summed E-state index contributed by atoms with van der Waals surface area (Å²) >= 11 is 3.35. The lowest BCUT2D eigenvalue weighted by atomic mass is 9.98. The summed E-state index contributed by atoms with van der Waals surface area (Å²) < 4.78 is 20.5. The van der Waals surface area contributed by atoms with Crippen LogP contribution in [0.2, 0.25) is 0 Å². The van der Waals surface area contributed by atoms with E-state index in [1.807, 2.05) is 37.3 Å². The summed E-state index contributed by atoms with van der Waals surface area (Å²) in [4.78, 5) is 13.2. The molecule has 5 rings (SSSR count). The van der Waals surface area contributed by atoms with Gasteiger partial charge in [0.15, 0.2) is 5.13 Å². The zero-order chi connectivity index (χ0) is 22.8. The molecule has 1 saturated heterocycles. The van der Waals surface area contributed by atoms with Crippen molar-refractivity contribution in [3.63, 3.8) is 0 Å². The lowest BCUT2D eigenvalue weighted by molar-refractivity contribution is -0.0168. The molecule has 33 heavy (non-hydrogen) atoms. The Bertz CT molecular complexity index is 1190. The van der Waals surface area contributed by atoms with Crippen molar-refractivity contribution in [1.29, 1.82) is 0 Å². The number of anilines is 1. The standard InChI is InChI=1S/C25H27FN4OS2/c1-16-28-20(24(32-16)17-9-11-18(26)12-10-17)15-30-13-5-7-22(31-2)21(30)14-27-25-29-19-6-3-4-8-23(19)33-25/h3-4,6,8-12,21-22H,5,7,13-15H2,1-2H3,(H,27,29)/t21-,22-/m1/s1. The molecule has 1 N–H and O–H groups in total. The quantitative estimate of drug-likeness (QED) is 0.352. The summed E-state index contributed by atoms with van der Waals surface area (Å²) in [6, 6.07) is 15.1. The first-order valence-corrected chi connectivity index (χ1v) is 12.8. The molecule has 0 amide bonds. The summed E-state index contributed by atoms with van der Waals surface area (Å²) in [6.07, 6.45) is 2.28. The van der Waals surface area contributed by atoms with Crippen LogP contribution in [0.25, 0.3) is 20.7 Å². The highest BCUT2D eigenvalue weighted by Gasteiger charge is 2.32. The van der Waals surface area contributed by atoms with Crippen molar-refractivity contribution in [3.8, 4) is 10.4 Å². The van der Waals surface area contributed by atoms with Gasteiger partial charge in [0, 0.05) is 20.2 Å². The number of methoxy groups -OCH3 is 1. The van der Waals surface area contributed by atoms with Crippen molar-refractivity contribution in [1.82, 2.24) is 14.9 Å². The molecular formula is C25H27FN4OS2. The molecule has 2 aromatic heterocycles. The fourth-order valence-corrected chi connectivity index (χ4v) is 6.36. The Morgan fingerprint density at radius 2 is 1.94 bits per heavy atom. The Balaban J connectivity index is 1.36. The maximum absolute atomic E-state index is 13.5. The van der Waals surface area contributed by atoms with Gasteiger partial charge in [-0.2, -0.15) is 0 Å². The number of fused-ring (bicyclic) bond motifs is 1. The maximum Gasteiger partial charge on any atom is 0.183 e. The van der Waals surface area contributed by atoms with Crippen molar-refractivity contribution in [2.75, 3.05) is 25.5 Å². The number of halogens is 1. The second-order valence-electron chi connectivity index (χ2n) is 8.34. The van der Waals surface area contributed by atoms with E-state index >= 15 is 0 Å². The number of likely N-dealkylation sites (tertiary alicyclic amines) is 1. The molecule has 8 heteroatoms. The Labute approximate surface area is 201 Å². The van der Waals surface area contributed by atoms with Crippen LogP contribution in [0, 0.1) is 12.7 Å². The number of benzene rings is 2. The fourth-order valence-electron chi connectivity index (χ4n) is 4.56. The highest BCUT2D eigenvalue weighted by atomic mass is 32.1. The summed E-state index contributed by atoms with van der Waals surface area (Å²) in [7, 11) is 1.80. The fraction of sp³-hybridized carbons (Fsp3) is 0.360. The molecular weight excluding hydrogens is 455 g/mol. The molecule has 4 aromatic rings. The number of hydrogen-bond acceptors (Lipinski definition) is 7. The second-order valence-corrected chi connectivity index (χ2v) is 10.6. The van der Waals surface area contributed by atoms with Crippen LogP contribution in [-0.2, 0) is 11.3 Å². The van der Waals surface area contributed by atoms with Crippen LogP contribution in [0.4, 0.5) is 9.52 Å². The van der Waals surface area contributed by atoms with Crippen molar-refractivity contribution in [2.24, 2.45) is 0 Å². The minimum Gasteiger partial charge on any atom is -0.380 e. The Hall–Kier alpha value is -2.39. The average molecular weight is 483 g/mol. The lowest BCUT2D eigenvalue weighted by Gasteiger charge is -2.40. The van der Waals surface area contributed by atoms with Crippen molar-refractivity contribution in [3.05, 3.63) is 65.0 Å². The number of piperidine rings is 1. The third kappa shape index (κ3) is 4.94. The van der Waals surface area contributed by atoms with Crippen molar-refractivity contribution in [2.45, 2.75) is 38.5 Å². The molecule has 0 bridgehead atoms. The zero-order valence-corrected chi connectivity index (χ0v) is 20.4. The van der Waals surface area contributed by atoms with Crippen LogP contribution >= 0.6 is 22.7 Å². The molecule has 1 aliphatic heterocycles. The summed E-state index contributed by atoms with van der Waals surface area (Å²) in [5, 5.41) is 5.53. The van der Waals surface area contributed by atoms with E-state index in [0.29, 0.717) is 0 Å². The Kier molecular flexibility index (Phi) is 6.69. The molecule has 0 saturated carbocycles. The van der Waals surface area contributed by atoms with Gasteiger partial charge in [-0.25, -0.2) is 14.4 Å². The van der Waals surface area contributed by atoms with Gasteiger partial charge in [0.05, 0.1) is 37.9 Å². The van der Waals surface area contributed by atoms with E-state index in [0.717, 1.165) is 64.3 Å². The Morgan fingerprint density at radius 3 is 2.73 bits per heavy atom. The van der Waals surface area contributed by atoms with Crippen LogP contribution in [-0.4, -0.2) is 47.2 Å². The largest absolute Gasteiger partial charge is 0.380 e. The molecule has 1 aliphatic rings. The Morgan fingerprint density at radius 1 is 1.12 bits per heavy atom. The number of thiazole rings is 2. The minimum atomic E-state index is -0.221. The first-order valence-electron chi connectivity index (χ1n) is 11.2. The number of para-hydroxylation sites is 1. The van der Waals surface area contributed by atoms with E-state index in [1.54, 1.807) is 29.8 Å². The summed E-state index contributed by atoms with van der Waals surface area (Å²) in [5.41, 5.74) is 3.09. The summed E-state index contributed by atoms with van der Waals surface area (Å²) in [6.45, 7) is 4.52. The lowest BCUT2D eigenvalue weighted by Crippen LogP contribution is -2.52. The number of rotatable bonds is 7. The molecule has 2 aromatic carbocycles. The maximum atomic E-state index is 13.5. The number of nitrogens with one attached hydrogen (secondary N) is 1. The van der Waals surface area contributed by atoms with Crippen LogP contribution in [0.15, 0.2) is 48.5 Å². The predicted molar refractivity (Wildman–Crippen MR) is 135 cm³/mol. The number of nitrogens with zero attached hydrogens (tertiary/aromatic N) is 3. The van der Waals surface area contributed by atoms with E-state index in [4.69, 9.17) is 14.7 Å². The van der Waals surface area contributed by atoms with Gasteiger partial charge in [0.2, 0.25) is 0 Å². The van der Waals surface area contributed by atoms with E-state index < -0.39 is 0 Å². The van der Waals surface area contributed by atoms with Gasteiger partial charge >= 0.3 is 0 Å². The topological polar surface area (TPSA) is 50.3 Å². The monoisotopic (exact) mass is 482 g/mol.